The molecule has 1 aromatic carbocycles. The standard InChI is InChI=1S/C15H16N2O4S2/c1-4-7-17-12-6-5-10(2)8-13(12)22-15(17)16-14(19)9-23(20,21)11(3)18/h4-6,8H,1,7,9H2,2-3H3. The van der Waals surface area contributed by atoms with Crippen LogP contribution in [0.15, 0.2) is 35.8 Å². The Morgan fingerprint density at radius 3 is 2.70 bits per heavy atom. The number of amides is 1. The largest absolute Gasteiger partial charge is 0.313 e. The predicted molar refractivity (Wildman–Crippen MR) is 89.8 cm³/mol. The van der Waals surface area contributed by atoms with Gasteiger partial charge in [-0.3, -0.25) is 9.59 Å². The molecule has 0 aliphatic heterocycles. The summed E-state index contributed by atoms with van der Waals surface area (Å²) in [6.07, 6.45) is 1.67. The van der Waals surface area contributed by atoms with Crippen molar-refractivity contribution >= 4 is 42.4 Å². The molecule has 0 spiro atoms. The lowest BCUT2D eigenvalue weighted by Gasteiger charge is -2.01. The zero-order valence-corrected chi connectivity index (χ0v) is 14.4. The van der Waals surface area contributed by atoms with Crippen molar-refractivity contribution in [2.24, 2.45) is 4.99 Å². The Hall–Kier alpha value is -2.06. The number of allylic oxidation sites excluding steroid dienone is 1. The van der Waals surface area contributed by atoms with E-state index in [9.17, 15) is 18.0 Å². The molecule has 0 atom stereocenters. The first-order valence-electron chi connectivity index (χ1n) is 6.76. The Balaban J connectivity index is 2.53. The van der Waals surface area contributed by atoms with E-state index < -0.39 is 26.6 Å². The molecule has 0 bridgehead atoms. The summed E-state index contributed by atoms with van der Waals surface area (Å²) in [6.45, 7) is 6.99. The maximum Gasteiger partial charge on any atom is 0.264 e. The minimum Gasteiger partial charge on any atom is -0.313 e. The Morgan fingerprint density at radius 2 is 2.09 bits per heavy atom. The minimum absolute atomic E-state index is 0.384. The second-order valence-corrected chi connectivity index (χ2v) is 8.11. The minimum atomic E-state index is -4.09. The molecule has 0 aliphatic rings. The van der Waals surface area contributed by atoms with Gasteiger partial charge in [0.2, 0.25) is 15.0 Å². The summed E-state index contributed by atoms with van der Waals surface area (Å²) < 4.78 is 25.7. The highest BCUT2D eigenvalue weighted by atomic mass is 32.2. The van der Waals surface area contributed by atoms with Crippen LogP contribution in [0.3, 0.4) is 0 Å². The number of thiazole rings is 1. The van der Waals surface area contributed by atoms with Crippen LogP contribution in [0, 0.1) is 6.92 Å². The lowest BCUT2D eigenvalue weighted by atomic mass is 10.2. The number of rotatable bonds is 4. The summed E-state index contributed by atoms with van der Waals surface area (Å²) in [4.78, 5) is 27.2. The summed E-state index contributed by atoms with van der Waals surface area (Å²) in [7, 11) is -4.09. The van der Waals surface area contributed by atoms with Crippen molar-refractivity contribution in [3.63, 3.8) is 0 Å². The third-order valence-corrected chi connectivity index (χ3v) is 5.67. The molecular weight excluding hydrogens is 336 g/mol. The van der Waals surface area contributed by atoms with Gasteiger partial charge >= 0.3 is 0 Å². The number of hydrogen-bond acceptors (Lipinski definition) is 5. The molecule has 122 valence electrons. The summed E-state index contributed by atoms with van der Waals surface area (Å²) in [5.74, 6) is -1.77. The van der Waals surface area contributed by atoms with E-state index in [4.69, 9.17) is 0 Å². The monoisotopic (exact) mass is 352 g/mol. The van der Waals surface area contributed by atoms with Gasteiger partial charge in [-0.15, -0.1) is 6.58 Å². The van der Waals surface area contributed by atoms with Crippen LogP contribution in [0.5, 0.6) is 0 Å². The smallest absolute Gasteiger partial charge is 0.264 e. The number of aryl methyl sites for hydroxylation is 1. The first-order valence-corrected chi connectivity index (χ1v) is 9.23. The second-order valence-electron chi connectivity index (χ2n) is 5.01. The summed E-state index contributed by atoms with van der Waals surface area (Å²) in [6, 6.07) is 5.83. The Labute approximate surface area is 137 Å². The van der Waals surface area contributed by atoms with Crippen LogP contribution in [0.25, 0.3) is 10.2 Å². The molecule has 0 aliphatic carbocycles. The van der Waals surface area contributed by atoms with Gasteiger partial charge in [0.25, 0.3) is 5.91 Å². The fraction of sp³-hybridized carbons (Fsp3) is 0.267. The number of benzene rings is 1. The van der Waals surface area contributed by atoms with Gasteiger partial charge in [0, 0.05) is 13.5 Å². The average molecular weight is 352 g/mol. The highest BCUT2D eigenvalue weighted by Gasteiger charge is 2.21. The van der Waals surface area contributed by atoms with Gasteiger partial charge in [-0.25, -0.2) is 8.42 Å². The van der Waals surface area contributed by atoms with Crippen molar-refractivity contribution in [3.8, 4) is 0 Å². The molecular formula is C15H16N2O4S2. The number of nitrogens with zero attached hydrogens (tertiary/aromatic N) is 2. The molecule has 0 unspecified atom stereocenters. The van der Waals surface area contributed by atoms with Crippen LogP contribution in [0.1, 0.15) is 12.5 Å². The van der Waals surface area contributed by atoms with Gasteiger partial charge in [0.1, 0.15) is 5.75 Å². The SMILES string of the molecule is C=CCn1c(=NC(=O)CS(=O)(=O)C(C)=O)sc2cc(C)ccc21. The van der Waals surface area contributed by atoms with Gasteiger partial charge < -0.3 is 4.57 Å². The third-order valence-electron chi connectivity index (χ3n) is 3.12. The van der Waals surface area contributed by atoms with Crippen LogP contribution in [0.4, 0.5) is 0 Å². The number of carbonyl (C=O) groups excluding carboxylic acids is 2. The van der Waals surface area contributed by atoms with E-state index in [1.807, 2.05) is 25.1 Å². The van der Waals surface area contributed by atoms with Crippen molar-refractivity contribution < 1.29 is 18.0 Å². The van der Waals surface area contributed by atoms with Crippen molar-refractivity contribution in [3.05, 3.63) is 41.2 Å². The molecule has 8 heteroatoms. The molecule has 1 amide bonds. The predicted octanol–water partition coefficient (Wildman–Crippen LogP) is 1.59. The fourth-order valence-corrected chi connectivity index (χ4v) is 3.72. The number of aromatic nitrogens is 1. The lowest BCUT2D eigenvalue weighted by Crippen LogP contribution is -2.23. The van der Waals surface area contributed by atoms with Crippen molar-refractivity contribution in [1.82, 2.24) is 4.57 Å². The molecule has 0 saturated heterocycles. The first kappa shape index (κ1) is 17.3. The Morgan fingerprint density at radius 1 is 1.39 bits per heavy atom. The first-order chi connectivity index (χ1) is 10.7. The highest BCUT2D eigenvalue weighted by molar-refractivity contribution is 8.06. The van der Waals surface area contributed by atoms with E-state index in [-0.39, 0.29) is 0 Å². The van der Waals surface area contributed by atoms with Gasteiger partial charge in [-0.1, -0.05) is 23.5 Å². The summed E-state index contributed by atoms with van der Waals surface area (Å²) >= 11 is 1.29. The highest BCUT2D eigenvalue weighted by Crippen LogP contribution is 2.19. The molecule has 0 N–H and O–H groups in total. The average Bonchev–Trinajstić information content (AvgIpc) is 2.75. The van der Waals surface area contributed by atoms with Crippen LogP contribution in [-0.4, -0.2) is 29.8 Å². The molecule has 23 heavy (non-hydrogen) atoms. The number of fused-ring (bicyclic) bond motifs is 1. The van der Waals surface area contributed by atoms with Gasteiger partial charge in [-0.2, -0.15) is 4.99 Å². The molecule has 0 saturated carbocycles. The van der Waals surface area contributed by atoms with Crippen LogP contribution < -0.4 is 4.80 Å². The Bertz CT molecular complexity index is 965. The van der Waals surface area contributed by atoms with Gasteiger partial charge in [0.05, 0.1) is 10.2 Å². The molecule has 1 aromatic heterocycles. The molecule has 1 heterocycles. The topological polar surface area (TPSA) is 85.6 Å². The zero-order chi connectivity index (χ0) is 17.2. The quantitative estimate of drug-likeness (QED) is 0.782. The maximum atomic E-state index is 11.9. The fourth-order valence-electron chi connectivity index (χ4n) is 1.97. The van der Waals surface area contributed by atoms with Crippen LogP contribution in [-0.2, 0) is 26.0 Å². The van der Waals surface area contributed by atoms with Crippen LogP contribution >= 0.6 is 11.3 Å². The maximum absolute atomic E-state index is 11.9. The van der Waals surface area contributed by atoms with Crippen molar-refractivity contribution in [2.75, 3.05) is 5.75 Å². The van der Waals surface area contributed by atoms with E-state index in [2.05, 4.69) is 11.6 Å². The normalized spacial score (nSPS) is 12.5. The molecule has 0 fully saturated rings. The summed E-state index contributed by atoms with van der Waals surface area (Å²) in [5, 5.41) is -1.04. The number of sulfone groups is 1. The van der Waals surface area contributed by atoms with Crippen LogP contribution in [0.2, 0.25) is 0 Å². The number of hydrogen-bond donors (Lipinski definition) is 0. The van der Waals surface area contributed by atoms with Crippen molar-refractivity contribution in [2.45, 2.75) is 20.4 Å². The molecule has 0 radical (unpaired) electrons. The number of carbonyl (C=O) groups is 2. The molecule has 6 nitrogen and oxygen atoms in total. The van der Waals surface area contributed by atoms with Gasteiger partial charge in [0.15, 0.2) is 4.80 Å². The Kier molecular flexibility index (Phi) is 4.96. The van der Waals surface area contributed by atoms with E-state index in [1.54, 1.807) is 10.6 Å². The second kappa shape index (κ2) is 6.59. The van der Waals surface area contributed by atoms with E-state index in [0.717, 1.165) is 22.7 Å². The third kappa shape index (κ3) is 3.83. The summed E-state index contributed by atoms with van der Waals surface area (Å²) in [5.41, 5.74) is 1.96. The van der Waals surface area contributed by atoms with Crippen molar-refractivity contribution in [1.29, 1.82) is 0 Å². The zero-order valence-electron chi connectivity index (χ0n) is 12.8. The lowest BCUT2D eigenvalue weighted by molar-refractivity contribution is -0.116. The van der Waals surface area contributed by atoms with Gasteiger partial charge in [-0.05, 0) is 24.6 Å². The molecule has 2 rings (SSSR count). The van der Waals surface area contributed by atoms with E-state index >= 15 is 0 Å². The van der Waals surface area contributed by atoms with E-state index in [0.29, 0.717) is 11.3 Å². The molecule has 2 aromatic rings. The van der Waals surface area contributed by atoms with E-state index in [1.165, 1.54) is 11.3 Å².